The van der Waals surface area contributed by atoms with Crippen LogP contribution in [0.1, 0.15) is 38.2 Å². The Hall–Kier alpha value is -0.300. The van der Waals surface area contributed by atoms with Gasteiger partial charge in [-0.3, -0.25) is 4.99 Å². The Labute approximate surface area is 137 Å². The van der Waals surface area contributed by atoms with E-state index in [1.165, 1.54) is 31.2 Å². The first kappa shape index (κ1) is 16.8. The molecule has 1 aromatic heterocycles. The Morgan fingerprint density at radius 2 is 2.11 bits per heavy atom. The average Bonchev–Trinajstić information content (AvgIpc) is 2.90. The van der Waals surface area contributed by atoms with Crippen molar-refractivity contribution in [2.24, 2.45) is 10.9 Å². The number of nitrogens with zero attached hydrogens (tertiary/aromatic N) is 1. The summed E-state index contributed by atoms with van der Waals surface area (Å²) in [5.41, 5.74) is 1.32. The second-order valence-electron chi connectivity index (χ2n) is 5.16. The highest BCUT2D eigenvalue weighted by Gasteiger charge is 2.18. The van der Waals surface area contributed by atoms with Gasteiger partial charge in [0.05, 0.1) is 0 Å². The second kappa shape index (κ2) is 8.79. The van der Waals surface area contributed by atoms with Gasteiger partial charge in [0.15, 0.2) is 5.96 Å². The number of nitrogens with one attached hydrogen (secondary N) is 2. The minimum atomic E-state index is 0. The van der Waals surface area contributed by atoms with Crippen LogP contribution in [0.2, 0.25) is 0 Å². The highest BCUT2D eigenvalue weighted by Crippen LogP contribution is 2.23. The lowest BCUT2D eigenvalue weighted by Crippen LogP contribution is -2.44. The average molecular weight is 393 g/mol. The molecule has 0 aromatic carbocycles. The number of rotatable bonds is 3. The van der Waals surface area contributed by atoms with Crippen LogP contribution in [0, 0.1) is 5.92 Å². The van der Waals surface area contributed by atoms with Crippen molar-refractivity contribution in [3.05, 3.63) is 22.4 Å². The van der Waals surface area contributed by atoms with Gasteiger partial charge in [-0.1, -0.05) is 6.92 Å². The van der Waals surface area contributed by atoms with Gasteiger partial charge in [0.2, 0.25) is 0 Å². The Kier molecular flexibility index (Phi) is 7.75. The molecule has 1 saturated carbocycles. The van der Waals surface area contributed by atoms with Crippen LogP contribution < -0.4 is 10.6 Å². The topological polar surface area (TPSA) is 36.4 Å². The third-order valence-corrected chi connectivity index (χ3v) is 4.35. The number of aliphatic imine (C=N–C) groups is 1. The van der Waals surface area contributed by atoms with Crippen molar-refractivity contribution in [1.29, 1.82) is 0 Å². The van der Waals surface area contributed by atoms with E-state index in [2.05, 4.69) is 39.4 Å². The van der Waals surface area contributed by atoms with Crippen molar-refractivity contribution in [2.45, 2.75) is 45.2 Å². The van der Waals surface area contributed by atoms with Gasteiger partial charge in [0.25, 0.3) is 0 Å². The summed E-state index contributed by atoms with van der Waals surface area (Å²) in [7, 11) is 1.84. The van der Waals surface area contributed by atoms with Crippen molar-refractivity contribution in [2.75, 3.05) is 7.05 Å². The smallest absolute Gasteiger partial charge is 0.191 e. The lowest BCUT2D eigenvalue weighted by atomic mass is 9.87. The van der Waals surface area contributed by atoms with E-state index in [1.807, 2.05) is 7.05 Å². The van der Waals surface area contributed by atoms with Gasteiger partial charge in [0.1, 0.15) is 0 Å². The Morgan fingerprint density at radius 1 is 1.37 bits per heavy atom. The van der Waals surface area contributed by atoms with Crippen LogP contribution in [0.25, 0.3) is 0 Å². The van der Waals surface area contributed by atoms with E-state index in [1.54, 1.807) is 11.3 Å². The summed E-state index contributed by atoms with van der Waals surface area (Å²) in [5.74, 6) is 1.82. The van der Waals surface area contributed by atoms with Gasteiger partial charge in [-0.2, -0.15) is 11.3 Å². The number of halogens is 1. The van der Waals surface area contributed by atoms with Gasteiger partial charge in [0, 0.05) is 19.6 Å². The SMILES string of the molecule is CN=C(NCc1ccsc1)NC1CCC(C)CC1.I. The van der Waals surface area contributed by atoms with E-state index in [9.17, 15) is 0 Å². The molecule has 1 aliphatic rings. The predicted octanol–water partition coefficient (Wildman–Crippen LogP) is 3.61. The van der Waals surface area contributed by atoms with Crippen molar-refractivity contribution in [1.82, 2.24) is 10.6 Å². The molecule has 108 valence electrons. The maximum absolute atomic E-state index is 4.30. The number of hydrogen-bond acceptors (Lipinski definition) is 2. The molecule has 2 rings (SSSR count). The number of thiophene rings is 1. The third-order valence-electron chi connectivity index (χ3n) is 3.62. The first-order chi connectivity index (χ1) is 8.78. The zero-order valence-electron chi connectivity index (χ0n) is 11.7. The van der Waals surface area contributed by atoms with Gasteiger partial charge in [-0.15, -0.1) is 24.0 Å². The normalized spacial score (nSPS) is 23.6. The zero-order valence-corrected chi connectivity index (χ0v) is 14.8. The van der Waals surface area contributed by atoms with E-state index in [-0.39, 0.29) is 24.0 Å². The van der Waals surface area contributed by atoms with E-state index in [4.69, 9.17) is 0 Å². The largest absolute Gasteiger partial charge is 0.354 e. The van der Waals surface area contributed by atoms with Crippen molar-refractivity contribution >= 4 is 41.3 Å². The summed E-state index contributed by atoms with van der Waals surface area (Å²) in [6.07, 6.45) is 5.19. The molecule has 0 bridgehead atoms. The fourth-order valence-electron chi connectivity index (χ4n) is 2.37. The fraction of sp³-hybridized carbons (Fsp3) is 0.643. The molecule has 0 amide bonds. The van der Waals surface area contributed by atoms with Gasteiger partial charge >= 0.3 is 0 Å². The highest BCUT2D eigenvalue weighted by molar-refractivity contribution is 14.0. The lowest BCUT2D eigenvalue weighted by Gasteiger charge is -2.28. The second-order valence-corrected chi connectivity index (χ2v) is 5.94. The minimum absolute atomic E-state index is 0. The monoisotopic (exact) mass is 393 g/mol. The Balaban J connectivity index is 0.00000180. The van der Waals surface area contributed by atoms with Gasteiger partial charge in [-0.05, 0) is 54.0 Å². The molecular formula is C14H24IN3S. The molecule has 0 atom stereocenters. The molecule has 1 fully saturated rings. The van der Waals surface area contributed by atoms with Crippen LogP contribution in [-0.4, -0.2) is 19.0 Å². The first-order valence-corrected chi connectivity index (χ1v) is 7.70. The Bertz CT molecular complexity index is 370. The molecule has 1 aliphatic carbocycles. The maximum atomic E-state index is 4.30. The van der Waals surface area contributed by atoms with Gasteiger partial charge in [-0.25, -0.2) is 0 Å². The molecule has 0 unspecified atom stereocenters. The molecular weight excluding hydrogens is 369 g/mol. The summed E-state index contributed by atoms with van der Waals surface area (Å²) in [6.45, 7) is 3.20. The van der Waals surface area contributed by atoms with Gasteiger partial charge < -0.3 is 10.6 Å². The molecule has 2 N–H and O–H groups in total. The molecule has 19 heavy (non-hydrogen) atoms. The molecule has 3 nitrogen and oxygen atoms in total. The van der Waals surface area contributed by atoms with E-state index < -0.39 is 0 Å². The van der Waals surface area contributed by atoms with E-state index in [0.717, 1.165) is 18.4 Å². The minimum Gasteiger partial charge on any atom is -0.354 e. The molecule has 0 saturated heterocycles. The highest BCUT2D eigenvalue weighted by atomic mass is 127. The standard InChI is InChI=1S/C14H23N3S.HI/c1-11-3-5-13(6-4-11)17-14(15-2)16-9-12-7-8-18-10-12;/h7-8,10-11,13H,3-6,9H2,1-2H3,(H2,15,16,17);1H. The van der Waals surface area contributed by atoms with Crippen LogP contribution in [0.4, 0.5) is 0 Å². The molecule has 1 aromatic rings. The van der Waals surface area contributed by atoms with Crippen LogP contribution in [0.3, 0.4) is 0 Å². The van der Waals surface area contributed by atoms with Crippen molar-refractivity contribution in [3.8, 4) is 0 Å². The third kappa shape index (κ3) is 5.69. The molecule has 0 spiro atoms. The van der Waals surface area contributed by atoms with Crippen LogP contribution in [0.5, 0.6) is 0 Å². The zero-order chi connectivity index (χ0) is 12.8. The quantitative estimate of drug-likeness (QED) is 0.468. The maximum Gasteiger partial charge on any atom is 0.191 e. The van der Waals surface area contributed by atoms with Crippen molar-refractivity contribution < 1.29 is 0 Å². The molecule has 1 heterocycles. The van der Waals surface area contributed by atoms with E-state index in [0.29, 0.717) is 6.04 Å². The lowest BCUT2D eigenvalue weighted by molar-refractivity contribution is 0.329. The summed E-state index contributed by atoms with van der Waals surface area (Å²) >= 11 is 1.73. The predicted molar refractivity (Wildman–Crippen MR) is 94.5 cm³/mol. The Morgan fingerprint density at radius 3 is 2.68 bits per heavy atom. The molecule has 0 radical (unpaired) electrons. The van der Waals surface area contributed by atoms with Crippen LogP contribution in [-0.2, 0) is 6.54 Å². The van der Waals surface area contributed by atoms with Crippen molar-refractivity contribution in [3.63, 3.8) is 0 Å². The molecule has 0 aliphatic heterocycles. The number of hydrogen-bond donors (Lipinski definition) is 2. The molecule has 5 heteroatoms. The van der Waals surface area contributed by atoms with Crippen LogP contribution in [0.15, 0.2) is 21.8 Å². The summed E-state index contributed by atoms with van der Waals surface area (Å²) in [5, 5.41) is 11.2. The van der Waals surface area contributed by atoms with E-state index >= 15 is 0 Å². The summed E-state index contributed by atoms with van der Waals surface area (Å²) in [4.78, 5) is 4.30. The number of guanidine groups is 1. The fourth-order valence-corrected chi connectivity index (χ4v) is 3.04. The first-order valence-electron chi connectivity index (χ1n) is 6.76. The summed E-state index contributed by atoms with van der Waals surface area (Å²) in [6, 6.07) is 2.74. The van der Waals surface area contributed by atoms with Crippen LogP contribution >= 0.6 is 35.3 Å². The summed E-state index contributed by atoms with van der Waals surface area (Å²) < 4.78 is 0.